The largest absolute Gasteiger partial charge is 0.356 e. The van der Waals surface area contributed by atoms with E-state index < -0.39 is 0 Å². The smallest absolute Gasteiger partial charge is 0.133 e. The molecular weight excluding hydrogens is 234 g/mol. The summed E-state index contributed by atoms with van der Waals surface area (Å²) in [5, 5.41) is 0. The summed E-state index contributed by atoms with van der Waals surface area (Å²) < 4.78 is 0. The van der Waals surface area contributed by atoms with Crippen LogP contribution in [0.3, 0.4) is 0 Å². The first-order chi connectivity index (χ1) is 9.22. The van der Waals surface area contributed by atoms with Crippen molar-refractivity contribution >= 4 is 5.82 Å². The molecule has 3 heteroatoms. The van der Waals surface area contributed by atoms with Crippen molar-refractivity contribution in [2.45, 2.75) is 52.0 Å². The Balaban J connectivity index is 2.10. The lowest BCUT2D eigenvalue weighted by atomic mass is 9.96. The highest BCUT2D eigenvalue weighted by Gasteiger charge is 2.20. The number of nitrogens with zero attached hydrogens (tertiary/aromatic N) is 2. The zero-order valence-corrected chi connectivity index (χ0v) is 12.3. The molecular formula is C16H27N3. The summed E-state index contributed by atoms with van der Waals surface area (Å²) in [4.78, 5) is 7.02. The highest BCUT2D eigenvalue weighted by Crippen LogP contribution is 2.28. The summed E-state index contributed by atoms with van der Waals surface area (Å²) in [7, 11) is 0. The van der Waals surface area contributed by atoms with Gasteiger partial charge in [-0.15, -0.1) is 0 Å². The monoisotopic (exact) mass is 261 g/mol. The van der Waals surface area contributed by atoms with Crippen LogP contribution in [0.15, 0.2) is 18.3 Å². The first-order valence-corrected chi connectivity index (χ1v) is 7.67. The number of nitrogens with two attached hydrogens (primary N) is 1. The number of hydrogen-bond donors (Lipinski definition) is 1. The minimum atomic E-state index is 0.0541. The Morgan fingerprint density at radius 3 is 3.00 bits per heavy atom. The number of hydrogen-bond acceptors (Lipinski definition) is 3. The van der Waals surface area contributed by atoms with Gasteiger partial charge in [0.2, 0.25) is 0 Å². The van der Waals surface area contributed by atoms with Crippen LogP contribution in [0.5, 0.6) is 0 Å². The number of pyridine rings is 1. The molecule has 2 heterocycles. The summed E-state index contributed by atoms with van der Waals surface area (Å²) in [6.07, 6.45) is 8.50. The van der Waals surface area contributed by atoms with Crippen molar-refractivity contribution in [2.75, 3.05) is 18.0 Å². The molecule has 0 bridgehead atoms. The van der Waals surface area contributed by atoms with Gasteiger partial charge in [-0.25, -0.2) is 4.98 Å². The Morgan fingerprint density at radius 2 is 2.26 bits per heavy atom. The number of aromatic nitrogens is 1. The fourth-order valence-electron chi connectivity index (χ4n) is 3.10. The minimum Gasteiger partial charge on any atom is -0.356 e. The molecule has 1 aliphatic rings. The molecule has 1 saturated heterocycles. The van der Waals surface area contributed by atoms with Crippen molar-refractivity contribution in [3.05, 3.63) is 23.9 Å². The fraction of sp³-hybridized carbons (Fsp3) is 0.688. The van der Waals surface area contributed by atoms with Crippen LogP contribution in [-0.4, -0.2) is 18.1 Å². The Kier molecular flexibility index (Phi) is 5.20. The summed E-state index contributed by atoms with van der Waals surface area (Å²) >= 11 is 0. The van der Waals surface area contributed by atoms with Crippen LogP contribution < -0.4 is 10.6 Å². The summed E-state index contributed by atoms with van der Waals surface area (Å²) in [6, 6.07) is 4.15. The first-order valence-electron chi connectivity index (χ1n) is 7.67. The predicted molar refractivity (Wildman–Crippen MR) is 81.3 cm³/mol. The zero-order valence-electron chi connectivity index (χ0n) is 12.3. The molecule has 0 aliphatic carbocycles. The second kappa shape index (κ2) is 6.90. The third-order valence-corrected chi connectivity index (χ3v) is 4.15. The molecule has 3 nitrogen and oxygen atoms in total. The standard InChI is InChI=1S/C16H27N3/c1-3-6-14-7-5-11-19(12-9-14)16-15(13(2)17)8-4-10-18-16/h4,8,10,13-14H,3,5-7,9,11-12,17H2,1-2H3/t13-,14?/m0/s1. The van der Waals surface area contributed by atoms with Crippen LogP contribution in [0.1, 0.15) is 57.6 Å². The number of anilines is 1. The molecule has 0 spiro atoms. The maximum atomic E-state index is 6.07. The van der Waals surface area contributed by atoms with Crippen molar-refractivity contribution in [3.8, 4) is 0 Å². The van der Waals surface area contributed by atoms with E-state index in [1.165, 1.54) is 37.7 Å². The normalized spacial score (nSPS) is 22.1. The van der Waals surface area contributed by atoms with Crippen molar-refractivity contribution in [3.63, 3.8) is 0 Å². The van der Waals surface area contributed by atoms with Gasteiger partial charge in [-0.1, -0.05) is 25.8 Å². The molecule has 0 amide bonds. The first kappa shape index (κ1) is 14.3. The fourth-order valence-corrected chi connectivity index (χ4v) is 3.10. The molecule has 2 N–H and O–H groups in total. The lowest BCUT2D eigenvalue weighted by Crippen LogP contribution is -2.27. The zero-order chi connectivity index (χ0) is 13.7. The van der Waals surface area contributed by atoms with Crippen LogP contribution in [0.25, 0.3) is 0 Å². The van der Waals surface area contributed by atoms with Gasteiger partial charge < -0.3 is 10.6 Å². The van der Waals surface area contributed by atoms with E-state index in [0.29, 0.717) is 0 Å². The van der Waals surface area contributed by atoms with Gasteiger partial charge in [0.25, 0.3) is 0 Å². The third-order valence-electron chi connectivity index (χ3n) is 4.15. The molecule has 1 aromatic rings. The average molecular weight is 261 g/mol. The van der Waals surface area contributed by atoms with Crippen molar-refractivity contribution in [1.82, 2.24) is 4.98 Å². The molecule has 0 saturated carbocycles. The lowest BCUT2D eigenvalue weighted by molar-refractivity contribution is 0.435. The van der Waals surface area contributed by atoms with Crippen molar-refractivity contribution in [1.29, 1.82) is 0 Å². The molecule has 1 unspecified atom stereocenters. The van der Waals surface area contributed by atoms with Gasteiger partial charge in [-0.2, -0.15) is 0 Å². The minimum absolute atomic E-state index is 0.0541. The molecule has 19 heavy (non-hydrogen) atoms. The van der Waals surface area contributed by atoms with Crippen LogP contribution in [-0.2, 0) is 0 Å². The third kappa shape index (κ3) is 3.69. The molecule has 2 atom stereocenters. The Labute approximate surface area is 117 Å². The van der Waals surface area contributed by atoms with E-state index in [1.54, 1.807) is 0 Å². The van der Waals surface area contributed by atoms with Gasteiger partial charge in [0, 0.05) is 30.9 Å². The maximum Gasteiger partial charge on any atom is 0.133 e. The van der Waals surface area contributed by atoms with E-state index in [9.17, 15) is 0 Å². The maximum absolute atomic E-state index is 6.07. The summed E-state index contributed by atoms with van der Waals surface area (Å²) in [5.41, 5.74) is 7.25. The molecule has 106 valence electrons. The van der Waals surface area contributed by atoms with Crippen LogP contribution in [0.4, 0.5) is 5.82 Å². The Bertz CT molecular complexity index is 389. The predicted octanol–water partition coefficient (Wildman–Crippen LogP) is 3.51. The van der Waals surface area contributed by atoms with Gasteiger partial charge in [0.05, 0.1) is 0 Å². The molecule has 1 aliphatic heterocycles. The van der Waals surface area contributed by atoms with Crippen molar-refractivity contribution in [2.24, 2.45) is 11.7 Å². The molecule has 2 rings (SSSR count). The van der Waals surface area contributed by atoms with Gasteiger partial charge in [0.15, 0.2) is 0 Å². The Morgan fingerprint density at radius 1 is 1.42 bits per heavy atom. The van der Waals surface area contributed by atoms with Crippen LogP contribution >= 0.6 is 0 Å². The molecule has 1 aromatic heterocycles. The van der Waals surface area contributed by atoms with Gasteiger partial charge in [0.1, 0.15) is 5.82 Å². The topological polar surface area (TPSA) is 42.2 Å². The second-order valence-electron chi connectivity index (χ2n) is 5.78. The highest BCUT2D eigenvalue weighted by molar-refractivity contribution is 5.48. The van der Waals surface area contributed by atoms with Gasteiger partial charge in [-0.3, -0.25) is 0 Å². The Hall–Kier alpha value is -1.09. The summed E-state index contributed by atoms with van der Waals surface area (Å²) in [6.45, 7) is 6.58. The van der Waals surface area contributed by atoms with Crippen molar-refractivity contribution < 1.29 is 0 Å². The number of rotatable bonds is 4. The SMILES string of the molecule is CCCC1CCCN(c2ncccc2[C@H](C)N)CC1. The van der Waals surface area contributed by atoms with E-state index in [-0.39, 0.29) is 6.04 Å². The van der Waals surface area contributed by atoms with Gasteiger partial charge in [-0.05, 0) is 38.2 Å². The van der Waals surface area contributed by atoms with E-state index in [4.69, 9.17) is 5.73 Å². The van der Waals surface area contributed by atoms with Crippen LogP contribution in [0, 0.1) is 5.92 Å². The van der Waals surface area contributed by atoms with Crippen LogP contribution in [0.2, 0.25) is 0 Å². The average Bonchev–Trinajstić information content (AvgIpc) is 2.65. The second-order valence-corrected chi connectivity index (χ2v) is 5.78. The van der Waals surface area contributed by atoms with Gasteiger partial charge >= 0.3 is 0 Å². The van der Waals surface area contributed by atoms with E-state index >= 15 is 0 Å². The summed E-state index contributed by atoms with van der Waals surface area (Å²) in [5.74, 6) is 2.01. The lowest BCUT2D eigenvalue weighted by Gasteiger charge is -2.25. The molecule has 1 fully saturated rings. The molecule has 0 aromatic carbocycles. The quantitative estimate of drug-likeness (QED) is 0.902. The highest BCUT2D eigenvalue weighted by atomic mass is 15.2. The van der Waals surface area contributed by atoms with E-state index in [1.807, 2.05) is 19.2 Å². The van der Waals surface area contributed by atoms with E-state index in [2.05, 4.69) is 22.9 Å². The molecule has 0 radical (unpaired) electrons. The van der Waals surface area contributed by atoms with E-state index in [0.717, 1.165) is 24.8 Å².